The molecule has 0 atom stereocenters. The molecule has 2 rings (SSSR count). The lowest BCUT2D eigenvalue weighted by Crippen LogP contribution is -2.34. The minimum absolute atomic E-state index is 0.0163. The minimum Gasteiger partial charge on any atom is -0.465 e. The molecule has 0 unspecified atom stereocenters. The SMILES string of the molecule is COC(=O)c1ccc(Cl)c(NC(=O)CN2CCCC2=O)c1. The molecule has 21 heavy (non-hydrogen) atoms. The van der Waals surface area contributed by atoms with Crippen molar-refractivity contribution in [3.8, 4) is 0 Å². The van der Waals surface area contributed by atoms with Gasteiger partial charge in [-0.3, -0.25) is 9.59 Å². The van der Waals surface area contributed by atoms with Crippen LogP contribution in [0.1, 0.15) is 23.2 Å². The van der Waals surface area contributed by atoms with Gasteiger partial charge >= 0.3 is 5.97 Å². The molecule has 1 heterocycles. The largest absolute Gasteiger partial charge is 0.465 e. The fourth-order valence-electron chi connectivity index (χ4n) is 2.10. The number of carbonyl (C=O) groups excluding carboxylic acids is 3. The summed E-state index contributed by atoms with van der Waals surface area (Å²) in [6.07, 6.45) is 1.25. The summed E-state index contributed by atoms with van der Waals surface area (Å²) in [6, 6.07) is 4.45. The Morgan fingerprint density at radius 3 is 2.81 bits per heavy atom. The van der Waals surface area contributed by atoms with Gasteiger partial charge in [0.25, 0.3) is 0 Å². The lowest BCUT2D eigenvalue weighted by Gasteiger charge is -2.15. The van der Waals surface area contributed by atoms with Gasteiger partial charge in [0.1, 0.15) is 0 Å². The molecular weight excluding hydrogens is 296 g/mol. The molecule has 0 aliphatic carbocycles. The van der Waals surface area contributed by atoms with Gasteiger partial charge in [0.05, 0.1) is 29.9 Å². The van der Waals surface area contributed by atoms with E-state index in [2.05, 4.69) is 10.1 Å². The van der Waals surface area contributed by atoms with Gasteiger partial charge in [-0.2, -0.15) is 0 Å². The fourth-order valence-corrected chi connectivity index (χ4v) is 2.26. The number of esters is 1. The normalized spacial score (nSPS) is 14.2. The van der Waals surface area contributed by atoms with Crippen LogP contribution in [0.3, 0.4) is 0 Å². The summed E-state index contributed by atoms with van der Waals surface area (Å²) < 4.78 is 4.61. The number of hydrogen-bond acceptors (Lipinski definition) is 4. The Morgan fingerprint density at radius 1 is 1.43 bits per heavy atom. The number of methoxy groups -OCH3 is 1. The average molecular weight is 311 g/mol. The number of hydrogen-bond donors (Lipinski definition) is 1. The summed E-state index contributed by atoms with van der Waals surface area (Å²) in [5.74, 6) is -0.898. The van der Waals surface area contributed by atoms with E-state index in [4.69, 9.17) is 11.6 Å². The molecule has 1 fully saturated rings. The standard InChI is InChI=1S/C14H15ClN2O4/c1-21-14(20)9-4-5-10(15)11(7-9)16-12(18)8-17-6-2-3-13(17)19/h4-5,7H,2-3,6,8H2,1H3,(H,16,18). The Balaban J connectivity index is 2.06. The van der Waals surface area contributed by atoms with Gasteiger partial charge in [0, 0.05) is 13.0 Å². The van der Waals surface area contributed by atoms with E-state index in [0.717, 1.165) is 6.42 Å². The molecule has 0 bridgehead atoms. The number of likely N-dealkylation sites (tertiary alicyclic amines) is 1. The Hall–Kier alpha value is -2.08. The van der Waals surface area contributed by atoms with E-state index in [1.165, 1.54) is 30.2 Å². The van der Waals surface area contributed by atoms with Gasteiger partial charge < -0.3 is 15.0 Å². The lowest BCUT2D eigenvalue weighted by molar-refractivity contribution is -0.131. The maximum absolute atomic E-state index is 11.9. The summed E-state index contributed by atoms with van der Waals surface area (Å²) in [4.78, 5) is 36.4. The Labute approximate surface area is 127 Å². The second-order valence-electron chi connectivity index (χ2n) is 4.65. The number of carbonyl (C=O) groups is 3. The van der Waals surface area contributed by atoms with E-state index in [9.17, 15) is 14.4 Å². The molecule has 0 saturated carbocycles. The highest BCUT2D eigenvalue weighted by molar-refractivity contribution is 6.33. The zero-order chi connectivity index (χ0) is 15.4. The Morgan fingerprint density at radius 2 is 2.19 bits per heavy atom. The van der Waals surface area contributed by atoms with Crippen LogP contribution in [0, 0.1) is 0 Å². The van der Waals surface area contributed by atoms with E-state index in [1.807, 2.05) is 0 Å². The predicted octanol–water partition coefficient (Wildman–Crippen LogP) is 1.69. The van der Waals surface area contributed by atoms with Crippen LogP contribution in [0.25, 0.3) is 0 Å². The zero-order valence-corrected chi connectivity index (χ0v) is 12.3. The number of anilines is 1. The van der Waals surface area contributed by atoms with Crippen molar-refractivity contribution in [1.29, 1.82) is 0 Å². The van der Waals surface area contributed by atoms with Crippen LogP contribution in [-0.4, -0.2) is 42.9 Å². The maximum Gasteiger partial charge on any atom is 0.337 e. The van der Waals surface area contributed by atoms with Crippen molar-refractivity contribution in [2.75, 3.05) is 25.5 Å². The number of nitrogens with zero attached hydrogens (tertiary/aromatic N) is 1. The van der Waals surface area contributed by atoms with Gasteiger partial charge in [-0.05, 0) is 24.6 Å². The average Bonchev–Trinajstić information content (AvgIpc) is 2.85. The van der Waals surface area contributed by atoms with Gasteiger partial charge in [-0.1, -0.05) is 11.6 Å². The summed E-state index contributed by atoms with van der Waals surface area (Å²) in [7, 11) is 1.27. The van der Waals surface area contributed by atoms with Gasteiger partial charge in [0.15, 0.2) is 0 Å². The molecule has 1 N–H and O–H groups in total. The Bertz CT molecular complexity index is 588. The van der Waals surface area contributed by atoms with Crippen molar-refractivity contribution < 1.29 is 19.1 Å². The first-order valence-electron chi connectivity index (χ1n) is 6.46. The summed E-state index contributed by atoms with van der Waals surface area (Å²) in [6.45, 7) is 0.569. The van der Waals surface area contributed by atoms with E-state index in [0.29, 0.717) is 23.7 Å². The summed E-state index contributed by atoms with van der Waals surface area (Å²) >= 11 is 5.99. The topological polar surface area (TPSA) is 75.7 Å². The number of halogens is 1. The van der Waals surface area contributed by atoms with Crippen LogP contribution in [0.4, 0.5) is 5.69 Å². The van der Waals surface area contributed by atoms with Crippen molar-refractivity contribution in [2.45, 2.75) is 12.8 Å². The monoisotopic (exact) mass is 310 g/mol. The molecule has 1 aromatic rings. The van der Waals surface area contributed by atoms with Gasteiger partial charge in [0.2, 0.25) is 11.8 Å². The summed E-state index contributed by atoms with van der Waals surface area (Å²) in [5.41, 5.74) is 0.602. The van der Waals surface area contributed by atoms with Crippen LogP contribution in [-0.2, 0) is 14.3 Å². The zero-order valence-electron chi connectivity index (χ0n) is 11.5. The van der Waals surface area contributed by atoms with Crippen molar-refractivity contribution >= 4 is 35.1 Å². The Kier molecular flexibility index (Phi) is 4.80. The third kappa shape index (κ3) is 3.72. The highest BCUT2D eigenvalue weighted by Gasteiger charge is 2.22. The third-order valence-corrected chi connectivity index (χ3v) is 3.50. The molecule has 1 aliphatic rings. The predicted molar refractivity (Wildman–Crippen MR) is 77.2 cm³/mol. The number of ether oxygens (including phenoxy) is 1. The molecule has 2 amide bonds. The quantitative estimate of drug-likeness (QED) is 0.859. The lowest BCUT2D eigenvalue weighted by atomic mass is 10.2. The van der Waals surface area contributed by atoms with E-state index < -0.39 is 5.97 Å². The first kappa shape index (κ1) is 15.3. The summed E-state index contributed by atoms with van der Waals surface area (Å²) in [5, 5.41) is 2.91. The van der Waals surface area contributed by atoms with Crippen molar-refractivity contribution in [1.82, 2.24) is 4.90 Å². The number of rotatable bonds is 4. The second kappa shape index (κ2) is 6.58. The first-order chi connectivity index (χ1) is 10.0. The molecule has 1 aliphatic heterocycles. The van der Waals surface area contributed by atoms with Crippen LogP contribution in [0.5, 0.6) is 0 Å². The van der Waals surface area contributed by atoms with Crippen LogP contribution in [0.2, 0.25) is 5.02 Å². The van der Waals surface area contributed by atoms with Gasteiger partial charge in [-0.15, -0.1) is 0 Å². The molecular formula is C14H15ClN2O4. The third-order valence-electron chi connectivity index (χ3n) is 3.17. The van der Waals surface area contributed by atoms with Crippen LogP contribution in [0.15, 0.2) is 18.2 Å². The molecule has 0 aromatic heterocycles. The molecule has 6 nitrogen and oxygen atoms in total. The van der Waals surface area contributed by atoms with Crippen LogP contribution >= 0.6 is 11.6 Å². The first-order valence-corrected chi connectivity index (χ1v) is 6.84. The molecule has 112 valence electrons. The minimum atomic E-state index is -0.517. The molecule has 1 saturated heterocycles. The van der Waals surface area contributed by atoms with E-state index >= 15 is 0 Å². The molecule has 0 spiro atoms. The maximum atomic E-state index is 11.9. The number of nitrogens with one attached hydrogen (secondary N) is 1. The molecule has 7 heteroatoms. The fraction of sp³-hybridized carbons (Fsp3) is 0.357. The van der Waals surface area contributed by atoms with Crippen molar-refractivity contribution in [2.24, 2.45) is 0 Å². The smallest absolute Gasteiger partial charge is 0.337 e. The second-order valence-corrected chi connectivity index (χ2v) is 5.06. The molecule has 1 aromatic carbocycles. The number of benzene rings is 1. The van der Waals surface area contributed by atoms with Crippen molar-refractivity contribution in [3.63, 3.8) is 0 Å². The van der Waals surface area contributed by atoms with Crippen molar-refractivity contribution in [3.05, 3.63) is 28.8 Å². The number of amides is 2. The molecule has 0 radical (unpaired) electrons. The van der Waals surface area contributed by atoms with E-state index in [-0.39, 0.29) is 23.9 Å². The van der Waals surface area contributed by atoms with Crippen LogP contribution < -0.4 is 5.32 Å². The highest BCUT2D eigenvalue weighted by atomic mass is 35.5. The van der Waals surface area contributed by atoms with Gasteiger partial charge in [-0.25, -0.2) is 4.79 Å². The van der Waals surface area contributed by atoms with E-state index in [1.54, 1.807) is 0 Å². The highest BCUT2D eigenvalue weighted by Crippen LogP contribution is 2.23.